The predicted molar refractivity (Wildman–Crippen MR) is 149 cm³/mol. The molecule has 1 saturated heterocycles. The van der Waals surface area contributed by atoms with Crippen LogP contribution in [0.5, 0.6) is 0 Å². The average Bonchev–Trinajstić information content (AvgIpc) is 3.27. The first-order valence-electron chi connectivity index (χ1n) is 12.4. The Morgan fingerprint density at radius 2 is 1.95 bits per heavy atom. The summed E-state index contributed by atoms with van der Waals surface area (Å²) in [5.74, 6) is 0.316. The number of amides is 1. The molecule has 1 aromatic carbocycles. The Morgan fingerprint density at radius 3 is 2.62 bits per heavy atom. The van der Waals surface area contributed by atoms with E-state index in [1.807, 2.05) is 4.90 Å². The Labute approximate surface area is 230 Å². The van der Waals surface area contributed by atoms with E-state index < -0.39 is 15.8 Å². The van der Waals surface area contributed by atoms with Crippen LogP contribution in [0.3, 0.4) is 0 Å². The number of hydrogen-bond donors (Lipinski definition) is 3. The minimum atomic E-state index is -3.28. The summed E-state index contributed by atoms with van der Waals surface area (Å²) in [6, 6.07) is 8.39. The number of hydrogen-bond acceptors (Lipinski definition) is 12. The number of aromatic nitrogens is 3. The van der Waals surface area contributed by atoms with Crippen molar-refractivity contribution in [2.75, 3.05) is 41.5 Å². The molecule has 0 bridgehead atoms. The van der Waals surface area contributed by atoms with Crippen LogP contribution in [0.25, 0.3) is 0 Å². The number of ether oxygens (including phenoxy) is 1. The molecule has 12 nitrogen and oxygen atoms in total. The van der Waals surface area contributed by atoms with Gasteiger partial charge in [0.15, 0.2) is 15.0 Å². The molecule has 0 radical (unpaired) electrons. The fourth-order valence-corrected chi connectivity index (χ4v) is 5.62. The van der Waals surface area contributed by atoms with E-state index in [0.29, 0.717) is 47.0 Å². The van der Waals surface area contributed by atoms with Gasteiger partial charge in [0.2, 0.25) is 11.9 Å². The number of nitrogens with two attached hydrogens (primary N) is 1. The van der Waals surface area contributed by atoms with Crippen LogP contribution in [0.1, 0.15) is 40.7 Å². The minimum Gasteiger partial charge on any atom is -0.462 e. The molecule has 3 heterocycles. The van der Waals surface area contributed by atoms with Gasteiger partial charge in [0.05, 0.1) is 23.1 Å². The van der Waals surface area contributed by atoms with Gasteiger partial charge in [-0.2, -0.15) is 9.97 Å². The summed E-state index contributed by atoms with van der Waals surface area (Å²) in [5, 5.41) is 6.79. The summed E-state index contributed by atoms with van der Waals surface area (Å²) in [6.07, 6.45) is 2.69. The standard InChI is InChI=1S/C25H31N7O5S2/c1-4-37-23(34)21-15(2)28-25(38-21)31-24-29-19(27-13-16-7-9-18(10-8-16)39(3,35)36)12-20(30-24)32-11-5-6-17(14-32)22(26)33/h7-10,12,17H,4-6,11,13-14H2,1-3H3,(H2,26,33)(H2,27,28,29,30,31). The number of piperidine rings is 1. The first-order chi connectivity index (χ1) is 18.5. The molecule has 208 valence electrons. The molecule has 0 spiro atoms. The van der Waals surface area contributed by atoms with Crippen molar-refractivity contribution >= 4 is 55.8 Å². The lowest BCUT2D eigenvalue weighted by Gasteiger charge is -2.32. The number of rotatable bonds is 10. The van der Waals surface area contributed by atoms with E-state index >= 15 is 0 Å². The van der Waals surface area contributed by atoms with Gasteiger partial charge in [0.25, 0.3) is 0 Å². The first kappa shape index (κ1) is 28.2. The molecule has 4 rings (SSSR count). The van der Waals surface area contributed by atoms with E-state index in [1.165, 1.54) is 6.26 Å². The van der Waals surface area contributed by atoms with Crippen LogP contribution >= 0.6 is 11.3 Å². The number of nitrogens with zero attached hydrogens (tertiary/aromatic N) is 4. The second-order valence-electron chi connectivity index (χ2n) is 9.17. The van der Waals surface area contributed by atoms with Crippen molar-refractivity contribution in [3.8, 4) is 0 Å². The van der Waals surface area contributed by atoms with Gasteiger partial charge < -0.3 is 20.7 Å². The minimum absolute atomic E-state index is 0.247. The molecular weight excluding hydrogens is 542 g/mol. The summed E-state index contributed by atoms with van der Waals surface area (Å²) in [7, 11) is -3.28. The molecule has 2 aromatic heterocycles. The number of sulfone groups is 1. The van der Waals surface area contributed by atoms with Gasteiger partial charge in [-0.05, 0) is 44.4 Å². The predicted octanol–water partition coefficient (Wildman–Crippen LogP) is 2.88. The highest BCUT2D eigenvalue weighted by molar-refractivity contribution is 7.90. The summed E-state index contributed by atoms with van der Waals surface area (Å²) >= 11 is 1.15. The second kappa shape index (κ2) is 11.9. The third-order valence-corrected chi connectivity index (χ3v) is 8.34. The van der Waals surface area contributed by atoms with Crippen molar-refractivity contribution in [1.82, 2.24) is 15.0 Å². The van der Waals surface area contributed by atoms with Crippen molar-refractivity contribution in [3.63, 3.8) is 0 Å². The van der Waals surface area contributed by atoms with Crippen LogP contribution in [-0.2, 0) is 25.9 Å². The lowest BCUT2D eigenvalue weighted by molar-refractivity contribution is -0.122. The number of primary amides is 1. The topological polar surface area (TPSA) is 169 Å². The van der Waals surface area contributed by atoms with Gasteiger partial charge in [-0.3, -0.25) is 10.1 Å². The van der Waals surface area contributed by atoms with Crippen LogP contribution < -0.4 is 21.3 Å². The Balaban J connectivity index is 1.59. The fraction of sp³-hybridized carbons (Fsp3) is 0.400. The summed E-state index contributed by atoms with van der Waals surface area (Å²) < 4.78 is 28.6. The molecule has 1 fully saturated rings. The van der Waals surface area contributed by atoms with E-state index in [2.05, 4.69) is 25.6 Å². The van der Waals surface area contributed by atoms with Gasteiger partial charge in [0, 0.05) is 32.0 Å². The van der Waals surface area contributed by atoms with E-state index in [1.54, 1.807) is 44.2 Å². The van der Waals surface area contributed by atoms with E-state index in [4.69, 9.17) is 10.5 Å². The largest absolute Gasteiger partial charge is 0.462 e. The highest BCUT2D eigenvalue weighted by atomic mass is 32.2. The third-order valence-electron chi connectivity index (χ3n) is 6.16. The Morgan fingerprint density at radius 1 is 1.21 bits per heavy atom. The van der Waals surface area contributed by atoms with Gasteiger partial charge in [-0.1, -0.05) is 23.5 Å². The normalized spacial score (nSPS) is 15.6. The van der Waals surface area contributed by atoms with Crippen LogP contribution in [-0.4, -0.2) is 61.2 Å². The molecule has 4 N–H and O–H groups in total. The Hall–Kier alpha value is -3.78. The molecule has 0 saturated carbocycles. The molecule has 0 aliphatic carbocycles. The highest BCUT2D eigenvalue weighted by Gasteiger charge is 2.26. The quantitative estimate of drug-likeness (QED) is 0.305. The highest BCUT2D eigenvalue weighted by Crippen LogP contribution is 2.29. The number of benzene rings is 1. The molecule has 39 heavy (non-hydrogen) atoms. The number of aryl methyl sites for hydroxylation is 1. The SMILES string of the molecule is CCOC(=O)c1sc(Nc2nc(NCc3ccc(S(C)(=O)=O)cc3)cc(N3CCCC(C(N)=O)C3)n2)nc1C. The summed E-state index contributed by atoms with van der Waals surface area (Å²) in [4.78, 5) is 40.4. The van der Waals surface area contributed by atoms with E-state index in [-0.39, 0.29) is 29.3 Å². The maximum atomic E-state index is 12.2. The van der Waals surface area contributed by atoms with Crippen LogP contribution in [0.2, 0.25) is 0 Å². The molecule has 1 amide bonds. The number of carbonyl (C=O) groups is 2. The van der Waals surface area contributed by atoms with Gasteiger partial charge in [0.1, 0.15) is 16.5 Å². The summed E-state index contributed by atoms with van der Waals surface area (Å²) in [5.41, 5.74) is 6.97. The first-order valence-corrected chi connectivity index (χ1v) is 15.1. The molecule has 1 unspecified atom stereocenters. The van der Waals surface area contributed by atoms with E-state index in [0.717, 1.165) is 29.7 Å². The van der Waals surface area contributed by atoms with Crippen molar-refractivity contribution in [3.05, 3.63) is 46.5 Å². The lowest BCUT2D eigenvalue weighted by atomic mass is 9.97. The molecule has 1 atom stereocenters. The average molecular weight is 574 g/mol. The molecule has 1 aliphatic rings. The van der Waals surface area contributed by atoms with Crippen LogP contribution in [0, 0.1) is 12.8 Å². The van der Waals surface area contributed by atoms with Crippen LogP contribution in [0.4, 0.5) is 22.7 Å². The number of esters is 1. The van der Waals surface area contributed by atoms with E-state index in [9.17, 15) is 18.0 Å². The molecular formula is C25H31N7O5S2. The van der Waals surface area contributed by atoms with Crippen molar-refractivity contribution in [2.24, 2.45) is 11.7 Å². The Bertz CT molecular complexity index is 1460. The number of thiazole rings is 1. The van der Waals surface area contributed by atoms with Gasteiger partial charge in [-0.15, -0.1) is 0 Å². The number of carbonyl (C=O) groups excluding carboxylic acids is 2. The van der Waals surface area contributed by atoms with Crippen molar-refractivity contribution < 1.29 is 22.7 Å². The van der Waals surface area contributed by atoms with Gasteiger partial charge in [-0.25, -0.2) is 18.2 Å². The molecule has 1 aliphatic heterocycles. The monoisotopic (exact) mass is 573 g/mol. The maximum Gasteiger partial charge on any atom is 0.350 e. The number of anilines is 4. The Kier molecular flexibility index (Phi) is 8.65. The zero-order valence-corrected chi connectivity index (χ0v) is 23.6. The van der Waals surface area contributed by atoms with Gasteiger partial charge >= 0.3 is 5.97 Å². The summed E-state index contributed by atoms with van der Waals surface area (Å²) in [6.45, 7) is 5.26. The lowest BCUT2D eigenvalue weighted by Crippen LogP contribution is -2.41. The second-order valence-corrected chi connectivity index (χ2v) is 12.2. The number of nitrogens with one attached hydrogen (secondary N) is 2. The molecule has 3 aromatic rings. The zero-order valence-electron chi connectivity index (χ0n) is 21.9. The zero-order chi connectivity index (χ0) is 28.2. The molecule has 14 heteroatoms. The fourth-order valence-electron chi connectivity index (χ4n) is 4.14. The third kappa shape index (κ3) is 7.20. The van der Waals surface area contributed by atoms with Crippen molar-refractivity contribution in [2.45, 2.75) is 38.1 Å². The smallest absolute Gasteiger partial charge is 0.350 e. The van der Waals surface area contributed by atoms with Crippen molar-refractivity contribution in [1.29, 1.82) is 0 Å². The maximum absolute atomic E-state index is 12.2. The van der Waals surface area contributed by atoms with Crippen LogP contribution in [0.15, 0.2) is 35.2 Å².